The fourth-order valence-electron chi connectivity index (χ4n) is 2.45. The molecule has 0 aliphatic carbocycles. The van der Waals surface area contributed by atoms with E-state index in [1.165, 1.54) is 16.2 Å². The van der Waals surface area contributed by atoms with Gasteiger partial charge in [-0.3, -0.25) is 4.90 Å². The Bertz CT molecular complexity index is 697. The van der Waals surface area contributed by atoms with E-state index in [9.17, 15) is 9.90 Å². The standard InChI is InChI=1S/C15H17N3O3S/c1-17(2)10-5-3-9(4-6-10)14-16-11-7-18(15(20)21)8-12(19)13(11)22-14/h3-6,12,19H,7-8H2,1-2H3,(H,20,21). The number of anilines is 1. The van der Waals surface area contributed by atoms with Crippen LogP contribution in [-0.4, -0.2) is 46.8 Å². The summed E-state index contributed by atoms with van der Waals surface area (Å²) in [5, 5.41) is 20.0. The van der Waals surface area contributed by atoms with Gasteiger partial charge in [0.1, 0.15) is 11.1 Å². The number of fused-ring (bicyclic) bond motifs is 1. The predicted octanol–water partition coefficient (Wildman–Crippen LogP) is 2.40. The summed E-state index contributed by atoms with van der Waals surface area (Å²) in [5.74, 6) is 0. The number of carbonyl (C=O) groups is 1. The van der Waals surface area contributed by atoms with Crippen LogP contribution in [0, 0.1) is 0 Å². The van der Waals surface area contributed by atoms with Gasteiger partial charge in [0.25, 0.3) is 0 Å². The fourth-order valence-corrected chi connectivity index (χ4v) is 3.50. The zero-order valence-electron chi connectivity index (χ0n) is 12.4. The van der Waals surface area contributed by atoms with E-state index < -0.39 is 12.2 Å². The van der Waals surface area contributed by atoms with Gasteiger partial charge in [0.2, 0.25) is 0 Å². The first-order chi connectivity index (χ1) is 10.5. The van der Waals surface area contributed by atoms with E-state index in [4.69, 9.17) is 5.11 Å². The molecule has 7 heteroatoms. The summed E-state index contributed by atoms with van der Waals surface area (Å²) >= 11 is 1.43. The molecule has 2 N–H and O–H groups in total. The summed E-state index contributed by atoms with van der Waals surface area (Å²) in [7, 11) is 3.96. The van der Waals surface area contributed by atoms with Crippen LogP contribution in [0.3, 0.4) is 0 Å². The first-order valence-electron chi connectivity index (χ1n) is 6.89. The highest BCUT2D eigenvalue weighted by molar-refractivity contribution is 7.15. The Labute approximate surface area is 132 Å². The third kappa shape index (κ3) is 2.65. The Morgan fingerprint density at radius 1 is 1.36 bits per heavy atom. The van der Waals surface area contributed by atoms with Crippen LogP contribution >= 0.6 is 11.3 Å². The number of hydrogen-bond donors (Lipinski definition) is 2. The molecule has 0 saturated heterocycles. The zero-order chi connectivity index (χ0) is 15.9. The molecule has 1 amide bonds. The number of amides is 1. The van der Waals surface area contributed by atoms with Gasteiger partial charge >= 0.3 is 6.09 Å². The van der Waals surface area contributed by atoms with Crippen molar-refractivity contribution in [3.05, 3.63) is 34.8 Å². The molecule has 3 rings (SSSR count). The third-order valence-corrected chi connectivity index (χ3v) is 4.91. The number of aromatic nitrogens is 1. The lowest BCUT2D eigenvalue weighted by Crippen LogP contribution is -2.36. The SMILES string of the molecule is CN(C)c1ccc(-c2nc3c(s2)C(O)CN(C(=O)O)C3)cc1. The number of rotatable bonds is 2. The summed E-state index contributed by atoms with van der Waals surface area (Å²) in [5.41, 5.74) is 2.72. The Balaban J connectivity index is 1.91. The molecule has 1 atom stereocenters. The smallest absolute Gasteiger partial charge is 0.407 e. The zero-order valence-corrected chi connectivity index (χ0v) is 13.2. The Kier molecular flexibility index (Phi) is 3.76. The lowest BCUT2D eigenvalue weighted by Gasteiger charge is -2.26. The van der Waals surface area contributed by atoms with Crippen molar-refractivity contribution in [3.63, 3.8) is 0 Å². The maximum Gasteiger partial charge on any atom is 0.407 e. The number of benzene rings is 1. The van der Waals surface area contributed by atoms with E-state index in [0.717, 1.165) is 21.1 Å². The van der Waals surface area contributed by atoms with E-state index in [2.05, 4.69) is 4.98 Å². The molecule has 6 nitrogen and oxygen atoms in total. The van der Waals surface area contributed by atoms with Crippen LogP contribution in [0.5, 0.6) is 0 Å². The first-order valence-corrected chi connectivity index (χ1v) is 7.70. The van der Waals surface area contributed by atoms with Gasteiger partial charge in [-0.15, -0.1) is 11.3 Å². The molecule has 1 aromatic carbocycles. The minimum atomic E-state index is -1.03. The normalized spacial score (nSPS) is 17.2. The monoisotopic (exact) mass is 319 g/mol. The molecule has 2 heterocycles. The van der Waals surface area contributed by atoms with E-state index in [0.29, 0.717) is 5.69 Å². The fraction of sp³-hybridized carbons (Fsp3) is 0.333. The number of aliphatic hydroxyl groups is 1. The number of nitrogens with zero attached hydrogens (tertiary/aromatic N) is 3. The number of hydrogen-bond acceptors (Lipinski definition) is 5. The lowest BCUT2D eigenvalue weighted by molar-refractivity contribution is 0.0831. The van der Waals surface area contributed by atoms with Crippen LogP contribution in [-0.2, 0) is 6.54 Å². The minimum Gasteiger partial charge on any atom is -0.465 e. The summed E-state index contributed by atoms with van der Waals surface area (Å²) in [6, 6.07) is 7.99. The van der Waals surface area contributed by atoms with Gasteiger partial charge in [-0.25, -0.2) is 9.78 Å². The van der Waals surface area contributed by atoms with Crippen molar-refractivity contribution in [2.45, 2.75) is 12.6 Å². The molecule has 0 bridgehead atoms. The van der Waals surface area contributed by atoms with Gasteiger partial charge < -0.3 is 15.1 Å². The third-order valence-electron chi connectivity index (χ3n) is 3.67. The maximum absolute atomic E-state index is 11.1. The van der Waals surface area contributed by atoms with Crippen molar-refractivity contribution >= 4 is 23.1 Å². The Morgan fingerprint density at radius 3 is 2.64 bits per heavy atom. The summed E-state index contributed by atoms with van der Waals surface area (Å²) in [6.07, 6.45) is -1.83. The highest BCUT2D eigenvalue weighted by atomic mass is 32.1. The van der Waals surface area contributed by atoms with Gasteiger partial charge in [0.15, 0.2) is 0 Å². The van der Waals surface area contributed by atoms with Gasteiger partial charge in [-0.2, -0.15) is 0 Å². The second-order valence-corrected chi connectivity index (χ2v) is 6.48. The molecule has 0 radical (unpaired) electrons. The van der Waals surface area contributed by atoms with Gasteiger partial charge in [0.05, 0.1) is 23.7 Å². The van der Waals surface area contributed by atoms with Crippen LogP contribution in [0.2, 0.25) is 0 Å². The van der Waals surface area contributed by atoms with Crippen molar-refractivity contribution < 1.29 is 15.0 Å². The van der Waals surface area contributed by atoms with Crippen LogP contribution in [0.15, 0.2) is 24.3 Å². The molecule has 1 aliphatic heterocycles. The van der Waals surface area contributed by atoms with Crippen molar-refractivity contribution in [1.82, 2.24) is 9.88 Å². The van der Waals surface area contributed by atoms with Crippen LogP contribution in [0.25, 0.3) is 10.6 Å². The summed E-state index contributed by atoms with van der Waals surface area (Å²) in [4.78, 5) is 19.6. The molecule has 1 aromatic heterocycles. The molecule has 0 fully saturated rings. The van der Waals surface area contributed by atoms with E-state index in [1.807, 2.05) is 43.3 Å². The topological polar surface area (TPSA) is 76.9 Å². The van der Waals surface area contributed by atoms with E-state index in [-0.39, 0.29) is 13.1 Å². The number of thiazole rings is 1. The number of carboxylic acid groups (broad SMARTS) is 1. The average Bonchev–Trinajstić information content (AvgIpc) is 2.92. The van der Waals surface area contributed by atoms with E-state index >= 15 is 0 Å². The molecule has 1 aliphatic rings. The number of β-amino-alcohol motifs (C(OH)–C–C–N with tert-alkyl or cyclic N) is 1. The second kappa shape index (κ2) is 5.58. The van der Waals surface area contributed by atoms with Gasteiger partial charge in [-0.05, 0) is 24.3 Å². The van der Waals surface area contributed by atoms with Gasteiger partial charge in [0, 0.05) is 25.3 Å². The molecule has 1 unspecified atom stereocenters. The second-order valence-electron chi connectivity index (χ2n) is 5.45. The highest BCUT2D eigenvalue weighted by Crippen LogP contribution is 2.36. The molecular weight excluding hydrogens is 302 g/mol. The van der Waals surface area contributed by atoms with Crippen molar-refractivity contribution in [3.8, 4) is 10.6 Å². The Morgan fingerprint density at radius 2 is 2.05 bits per heavy atom. The summed E-state index contributed by atoms with van der Waals surface area (Å²) in [6.45, 7) is 0.331. The molecule has 2 aromatic rings. The van der Waals surface area contributed by atoms with Crippen LogP contribution < -0.4 is 4.90 Å². The molecule has 22 heavy (non-hydrogen) atoms. The average molecular weight is 319 g/mol. The van der Waals surface area contributed by atoms with E-state index in [1.54, 1.807) is 0 Å². The maximum atomic E-state index is 11.1. The molecule has 0 saturated carbocycles. The van der Waals surface area contributed by atoms with Crippen LogP contribution in [0.4, 0.5) is 10.5 Å². The molecular formula is C15H17N3O3S. The van der Waals surface area contributed by atoms with Gasteiger partial charge in [-0.1, -0.05) is 0 Å². The largest absolute Gasteiger partial charge is 0.465 e. The number of aliphatic hydroxyl groups excluding tert-OH is 1. The van der Waals surface area contributed by atoms with Crippen molar-refractivity contribution in [2.75, 3.05) is 25.5 Å². The molecule has 0 spiro atoms. The first kappa shape index (κ1) is 14.8. The van der Waals surface area contributed by atoms with Crippen molar-refractivity contribution in [1.29, 1.82) is 0 Å². The predicted molar refractivity (Wildman–Crippen MR) is 85.3 cm³/mol. The Hall–Kier alpha value is -2.12. The lowest BCUT2D eigenvalue weighted by atomic mass is 10.1. The van der Waals surface area contributed by atoms with Crippen LogP contribution in [0.1, 0.15) is 16.7 Å². The van der Waals surface area contributed by atoms with Crippen molar-refractivity contribution in [2.24, 2.45) is 0 Å². The minimum absolute atomic E-state index is 0.101. The molecule has 116 valence electrons. The summed E-state index contributed by atoms with van der Waals surface area (Å²) < 4.78 is 0. The quantitative estimate of drug-likeness (QED) is 0.889. The highest BCUT2D eigenvalue weighted by Gasteiger charge is 2.30.